The number of hydrogen-bond donors (Lipinski definition) is 0. The molecule has 2 atom stereocenters. The summed E-state index contributed by atoms with van der Waals surface area (Å²) in [6.07, 6.45) is 6.20. The second-order valence-electron chi connectivity index (χ2n) is 7.84. The summed E-state index contributed by atoms with van der Waals surface area (Å²) in [6, 6.07) is 9.22. The number of fused-ring (bicyclic) bond motifs is 2. The molecule has 0 radical (unpaired) electrons. The summed E-state index contributed by atoms with van der Waals surface area (Å²) in [5.74, 6) is 0.857. The van der Waals surface area contributed by atoms with Gasteiger partial charge in [0, 0.05) is 24.2 Å². The van der Waals surface area contributed by atoms with Crippen LogP contribution in [0.15, 0.2) is 30.3 Å². The fourth-order valence-electron chi connectivity index (χ4n) is 4.60. The lowest BCUT2D eigenvalue weighted by molar-refractivity contribution is -0.137. The van der Waals surface area contributed by atoms with Gasteiger partial charge in [0.25, 0.3) is 5.91 Å². The zero-order valence-corrected chi connectivity index (χ0v) is 15.8. The number of nitrogens with zero attached hydrogens (tertiary/aromatic N) is 2. The number of carbonyl (C=O) groups is 2. The van der Waals surface area contributed by atoms with E-state index in [4.69, 9.17) is 4.74 Å². The molecule has 1 aliphatic carbocycles. The van der Waals surface area contributed by atoms with E-state index in [0.29, 0.717) is 11.5 Å². The first-order valence-electron chi connectivity index (χ1n) is 9.93. The number of hydrogen-bond acceptors (Lipinski definition) is 4. The van der Waals surface area contributed by atoms with E-state index in [2.05, 4.69) is 4.98 Å². The van der Waals surface area contributed by atoms with Gasteiger partial charge in [-0.2, -0.15) is 0 Å². The zero-order valence-electron chi connectivity index (χ0n) is 15.8. The third-order valence-electron chi connectivity index (χ3n) is 6.03. The van der Waals surface area contributed by atoms with Crippen molar-refractivity contribution in [2.75, 3.05) is 19.7 Å². The number of likely N-dealkylation sites (tertiary alicyclic amines) is 1. The molecule has 5 nitrogen and oxygen atoms in total. The fourth-order valence-corrected chi connectivity index (χ4v) is 4.60. The predicted molar refractivity (Wildman–Crippen MR) is 103 cm³/mol. The van der Waals surface area contributed by atoms with Crippen LogP contribution in [0.4, 0.5) is 0 Å². The van der Waals surface area contributed by atoms with E-state index in [1.807, 2.05) is 36.1 Å². The topological polar surface area (TPSA) is 59.5 Å². The van der Waals surface area contributed by atoms with Gasteiger partial charge < -0.3 is 9.64 Å². The smallest absolute Gasteiger partial charge is 0.339 e. The Morgan fingerprint density at radius 1 is 1.15 bits per heavy atom. The van der Waals surface area contributed by atoms with Gasteiger partial charge in [0.1, 0.15) is 0 Å². The van der Waals surface area contributed by atoms with Crippen molar-refractivity contribution in [3.8, 4) is 0 Å². The minimum atomic E-state index is -0.461. The summed E-state index contributed by atoms with van der Waals surface area (Å²) in [5, 5.41) is 0.753. The Balaban J connectivity index is 1.40. The van der Waals surface area contributed by atoms with E-state index >= 15 is 0 Å². The highest BCUT2D eigenvalue weighted by Crippen LogP contribution is 2.36. The molecular weight excluding hydrogens is 340 g/mol. The molecule has 0 spiro atoms. The van der Waals surface area contributed by atoms with E-state index in [0.717, 1.165) is 42.0 Å². The largest absolute Gasteiger partial charge is 0.452 e. The monoisotopic (exact) mass is 366 g/mol. The average molecular weight is 366 g/mol. The number of para-hydroxylation sites is 1. The summed E-state index contributed by atoms with van der Waals surface area (Å²) in [5.41, 5.74) is 1.98. The maximum atomic E-state index is 12.6. The molecule has 1 saturated heterocycles. The summed E-state index contributed by atoms with van der Waals surface area (Å²) in [6.45, 7) is 3.27. The maximum absolute atomic E-state index is 12.6. The molecule has 1 amide bonds. The third-order valence-corrected chi connectivity index (χ3v) is 6.03. The van der Waals surface area contributed by atoms with E-state index in [1.165, 1.54) is 25.7 Å². The Morgan fingerprint density at radius 3 is 2.78 bits per heavy atom. The van der Waals surface area contributed by atoms with Gasteiger partial charge in [0.15, 0.2) is 6.61 Å². The first-order valence-corrected chi connectivity index (χ1v) is 9.93. The molecule has 0 bridgehead atoms. The minimum Gasteiger partial charge on any atom is -0.452 e. The predicted octanol–water partition coefficient (Wildman–Crippen LogP) is 3.74. The summed E-state index contributed by atoms with van der Waals surface area (Å²) >= 11 is 0. The van der Waals surface area contributed by atoms with Gasteiger partial charge in [-0.1, -0.05) is 37.5 Å². The standard InChI is InChI=1S/C22H26N2O3/c1-15-12-19(18-8-4-5-9-20(18)23-15)22(26)27-14-21(25)24-11-10-16-6-2-3-7-17(16)13-24/h4-5,8-9,12,16-17H,2-3,6-7,10-11,13-14H2,1H3/t16-,17+/m0/s1. The van der Waals surface area contributed by atoms with Crippen molar-refractivity contribution in [1.82, 2.24) is 9.88 Å². The highest BCUT2D eigenvalue weighted by molar-refractivity contribution is 6.04. The van der Waals surface area contributed by atoms with Crippen LogP contribution in [-0.4, -0.2) is 41.5 Å². The first kappa shape index (κ1) is 18.0. The van der Waals surface area contributed by atoms with Crippen molar-refractivity contribution in [1.29, 1.82) is 0 Å². The van der Waals surface area contributed by atoms with Crippen molar-refractivity contribution >= 4 is 22.8 Å². The molecule has 1 aliphatic heterocycles. The van der Waals surface area contributed by atoms with Gasteiger partial charge in [0.05, 0.1) is 11.1 Å². The number of aromatic nitrogens is 1. The second-order valence-corrected chi connectivity index (χ2v) is 7.84. The van der Waals surface area contributed by atoms with Gasteiger partial charge in [-0.25, -0.2) is 4.79 Å². The van der Waals surface area contributed by atoms with Crippen LogP contribution in [0.3, 0.4) is 0 Å². The molecule has 27 heavy (non-hydrogen) atoms. The Kier molecular flexibility index (Phi) is 5.10. The van der Waals surface area contributed by atoms with E-state index in [9.17, 15) is 9.59 Å². The number of esters is 1. The molecule has 0 unspecified atom stereocenters. The van der Waals surface area contributed by atoms with E-state index in [1.54, 1.807) is 6.07 Å². The molecule has 2 aliphatic rings. The molecule has 2 heterocycles. The molecule has 5 heteroatoms. The second kappa shape index (κ2) is 7.67. The van der Waals surface area contributed by atoms with Crippen molar-refractivity contribution in [2.24, 2.45) is 11.8 Å². The number of pyridine rings is 1. The molecular formula is C22H26N2O3. The van der Waals surface area contributed by atoms with Crippen molar-refractivity contribution in [3.05, 3.63) is 41.6 Å². The van der Waals surface area contributed by atoms with Gasteiger partial charge in [-0.3, -0.25) is 9.78 Å². The van der Waals surface area contributed by atoms with Crippen LogP contribution in [-0.2, 0) is 9.53 Å². The van der Waals surface area contributed by atoms with Crippen molar-refractivity contribution in [2.45, 2.75) is 39.0 Å². The van der Waals surface area contributed by atoms with Gasteiger partial charge >= 0.3 is 5.97 Å². The third kappa shape index (κ3) is 3.82. The lowest BCUT2D eigenvalue weighted by atomic mass is 9.75. The number of rotatable bonds is 3. The van der Waals surface area contributed by atoms with Crippen LogP contribution in [0.5, 0.6) is 0 Å². The van der Waals surface area contributed by atoms with Crippen LogP contribution in [0.1, 0.15) is 48.2 Å². The molecule has 2 fully saturated rings. The van der Waals surface area contributed by atoms with Gasteiger partial charge in [0.2, 0.25) is 0 Å². The Morgan fingerprint density at radius 2 is 1.93 bits per heavy atom. The van der Waals surface area contributed by atoms with Crippen molar-refractivity contribution in [3.63, 3.8) is 0 Å². The van der Waals surface area contributed by atoms with E-state index in [-0.39, 0.29) is 12.5 Å². The SMILES string of the molecule is Cc1cc(C(=O)OCC(=O)N2CC[C@@H]3CCCC[C@@H]3C2)c2ccccc2n1. The highest BCUT2D eigenvalue weighted by Gasteiger charge is 2.33. The quantitative estimate of drug-likeness (QED) is 0.777. The average Bonchev–Trinajstić information content (AvgIpc) is 2.70. The molecule has 142 valence electrons. The number of ether oxygens (including phenoxy) is 1. The number of benzene rings is 1. The summed E-state index contributed by atoms with van der Waals surface area (Å²) < 4.78 is 5.38. The van der Waals surface area contributed by atoms with E-state index < -0.39 is 5.97 Å². The number of amides is 1. The molecule has 1 aromatic heterocycles. The fraction of sp³-hybridized carbons (Fsp3) is 0.500. The van der Waals surface area contributed by atoms with Crippen LogP contribution in [0, 0.1) is 18.8 Å². The van der Waals surface area contributed by atoms with Crippen LogP contribution in [0.2, 0.25) is 0 Å². The Labute approximate surface area is 159 Å². The summed E-state index contributed by atoms with van der Waals surface area (Å²) in [4.78, 5) is 31.5. The molecule has 1 saturated carbocycles. The van der Waals surface area contributed by atoms with Gasteiger partial charge in [-0.15, -0.1) is 0 Å². The Bertz CT molecular complexity index is 864. The Hall–Kier alpha value is -2.43. The van der Waals surface area contributed by atoms with Crippen LogP contribution < -0.4 is 0 Å². The van der Waals surface area contributed by atoms with Crippen LogP contribution >= 0.6 is 0 Å². The minimum absolute atomic E-state index is 0.0811. The first-order chi connectivity index (χ1) is 13.1. The molecule has 4 rings (SSSR count). The van der Waals surface area contributed by atoms with Crippen molar-refractivity contribution < 1.29 is 14.3 Å². The van der Waals surface area contributed by atoms with Gasteiger partial charge in [-0.05, 0) is 43.7 Å². The molecule has 1 aromatic carbocycles. The van der Waals surface area contributed by atoms with Crippen LogP contribution in [0.25, 0.3) is 10.9 Å². The highest BCUT2D eigenvalue weighted by atomic mass is 16.5. The number of carbonyl (C=O) groups excluding carboxylic acids is 2. The normalized spacial score (nSPS) is 22.3. The molecule has 2 aromatic rings. The lowest BCUT2D eigenvalue weighted by Gasteiger charge is -2.41. The summed E-state index contributed by atoms with van der Waals surface area (Å²) in [7, 11) is 0. The zero-order chi connectivity index (χ0) is 18.8. The lowest BCUT2D eigenvalue weighted by Crippen LogP contribution is -2.46. The number of piperidine rings is 1. The number of aryl methyl sites for hydroxylation is 1. The molecule has 0 N–H and O–H groups in total. The maximum Gasteiger partial charge on any atom is 0.339 e.